The molecule has 0 saturated carbocycles. The molecule has 0 unspecified atom stereocenters. The van der Waals surface area contributed by atoms with Crippen LogP contribution in [0.5, 0.6) is 0 Å². The number of carbonyl (C=O) groups excluding carboxylic acids is 2. The molecule has 84 valence electrons. The molecule has 0 heterocycles. The molecule has 3 amide bonds. The van der Waals surface area contributed by atoms with Gasteiger partial charge in [0.2, 0.25) is 5.91 Å². The summed E-state index contributed by atoms with van der Waals surface area (Å²) >= 11 is 0. The minimum Gasteiger partial charge on any atom is -0.501 e. The van der Waals surface area contributed by atoms with E-state index in [0.717, 1.165) is 0 Å². The van der Waals surface area contributed by atoms with Gasteiger partial charge in [0.25, 0.3) is 0 Å². The number of hydrogen-bond acceptors (Lipinski definition) is 3. The standard InChI is InChI=1S/C9H15N3O3/c1-6(4-7(2)15-3)12-9(14)11-5-8(10)13/h4H,1,5H2,2-3H3,(H2,10,13)(H2,11,12,14)/b7-4+. The number of hydrogen-bond donors (Lipinski definition) is 3. The Morgan fingerprint density at radius 3 is 2.60 bits per heavy atom. The van der Waals surface area contributed by atoms with Crippen molar-refractivity contribution in [3.8, 4) is 0 Å². The highest BCUT2D eigenvalue weighted by molar-refractivity contribution is 5.83. The number of methoxy groups -OCH3 is 1. The highest BCUT2D eigenvalue weighted by Crippen LogP contribution is 1.96. The lowest BCUT2D eigenvalue weighted by Crippen LogP contribution is -2.39. The number of allylic oxidation sites excluding steroid dienone is 2. The van der Waals surface area contributed by atoms with Crippen LogP contribution in [0.3, 0.4) is 0 Å². The number of carbonyl (C=O) groups is 2. The van der Waals surface area contributed by atoms with Crippen LogP contribution >= 0.6 is 0 Å². The SMILES string of the molecule is C=C(/C=C(\C)OC)NC(=O)NCC(N)=O. The molecule has 0 aliphatic rings. The predicted octanol–water partition coefficient (Wildman–Crippen LogP) is -0.165. The Kier molecular flexibility index (Phi) is 5.62. The zero-order valence-corrected chi connectivity index (χ0v) is 8.79. The van der Waals surface area contributed by atoms with Crippen LogP contribution in [-0.2, 0) is 9.53 Å². The highest BCUT2D eigenvalue weighted by atomic mass is 16.5. The minimum absolute atomic E-state index is 0.216. The van der Waals surface area contributed by atoms with Crippen molar-refractivity contribution < 1.29 is 14.3 Å². The Labute approximate surface area is 88.2 Å². The van der Waals surface area contributed by atoms with E-state index < -0.39 is 11.9 Å². The Bertz CT molecular complexity index is 297. The first-order valence-corrected chi connectivity index (χ1v) is 4.20. The second kappa shape index (κ2) is 6.47. The molecule has 0 radical (unpaired) electrons. The van der Waals surface area contributed by atoms with Crippen molar-refractivity contribution >= 4 is 11.9 Å². The fourth-order valence-electron chi connectivity index (χ4n) is 0.698. The summed E-state index contributed by atoms with van der Waals surface area (Å²) in [7, 11) is 1.51. The van der Waals surface area contributed by atoms with Gasteiger partial charge in [-0.2, -0.15) is 0 Å². The van der Waals surface area contributed by atoms with Gasteiger partial charge in [-0.25, -0.2) is 4.79 Å². The van der Waals surface area contributed by atoms with Gasteiger partial charge in [-0.3, -0.25) is 4.79 Å². The summed E-state index contributed by atoms with van der Waals surface area (Å²) in [6.07, 6.45) is 1.55. The molecule has 6 heteroatoms. The predicted molar refractivity (Wildman–Crippen MR) is 55.6 cm³/mol. The van der Waals surface area contributed by atoms with Gasteiger partial charge < -0.3 is 21.1 Å². The second-order valence-corrected chi connectivity index (χ2v) is 2.76. The summed E-state index contributed by atoms with van der Waals surface area (Å²) in [5, 5.41) is 4.64. The third-order valence-corrected chi connectivity index (χ3v) is 1.40. The average molecular weight is 213 g/mol. The monoisotopic (exact) mass is 213 g/mol. The van der Waals surface area contributed by atoms with Crippen molar-refractivity contribution in [2.45, 2.75) is 6.92 Å². The molecule has 0 rings (SSSR count). The molecule has 15 heavy (non-hydrogen) atoms. The van der Waals surface area contributed by atoms with E-state index in [4.69, 9.17) is 10.5 Å². The van der Waals surface area contributed by atoms with Gasteiger partial charge in [0.1, 0.15) is 0 Å². The normalized spacial score (nSPS) is 10.4. The van der Waals surface area contributed by atoms with Crippen LogP contribution < -0.4 is 16.4 Å². The van der Waals surface area contributed by atoms with Gasteiger partial charge in [-0.15, -0.1) is 0 Å². The van der Waals surface area contributed by atoms with E-state index in [1.54, 1.807) is 13.0 Å². The van der Waals surface area contributed by atoms with Crippen molar-refractivity contribution in [2.24, 2.45) is 5.73 Å². The lowest BCUT2D eigenvalue weighted by molar-refractivity contribution is -0.117. The fraction of sp³-hybridized carbons (Fsp3) is 0.333. The Balaban J connectivity index is 3.97. The summed E-state index contributed by atoms with van der Waals surface area (Å²) < 4.78 is 4.86. The van der Waals surface area contributed by atoms with Crippen LogP contribution in [0.25, 0.3) is 0 Å². The van der Waals surface area contributed by atoms with Gasteiger partial charge in [0.15, 0.2) is 0 Å². The van der Waals surface area contributed by atoms with E-state index >= 15 is 0 Å². The maximum Gasteiger partial charge on any atom is 0.319 e. The number of urea groups is 1. The van der Waals surface area contributed by atoms with Crippen LogP contribution in [0, 0.1) is 0 Å². The summed E-state index contributed by atoms with van der Waals surface area (Å²) in [6, 6.07) is -0.543. The van der Waals surface area contributed by atoms with E-state index in [-0.39, 0.29) is 6.54 Å². The largest absolute Gasteiger partial charge is 0.501 e. The molecule has 0 atom stereocenters. The van der Waals surface area contributed by atoms with Crippen LogP contribution in [0.2, 0.25) is 0 Å². The van der Waals surface area contributed by atoms with Crippen molar-refractivity contribution in [3.63, 3.8) is 0 Å². The van der Waals surface area contributed by atoms with Gasteiger partial charge in [-0.05, 0) is 13.0 Å². The van der Waals surface area contributed by atoms with Gasteiger partial charge in [0.05, 0.1) is 19.4 Å². The number of nitrogens with one attached hydrogen (secondary N) is 2. The highest BCUT2D eigenvalue weighted by Gasteiger charge is 2.02. The van der Waals surface area contributed by atoms with Crippen LogP contribution in [0.4, 0.5) is 4.79 Å². The topological polar surface area (TPSA) is 93.4 Å². The number of primary amides is 1. The van der Waals surface area contributed by atoms with Gasteiger partial charge in [0, 0.05) is 5.70 Å². The molecule has 0 aromatic carbocycles. The summed E-state index contributed by atoms with van der Waals surface area (Å²) in [4.78, 5) is 21.4. The van der Waals surface area contributed by atoms with E-state index in [1.165, 1.54) is 7.11 Å². The summed E-state index contributed by atoms with van der Waals surface area (Å²) in [6.45, 7) is 5.07. The lowest BCUT2D eigenvalue weighted by Gasteiger charge is -2.06. The first-order chi connectivity index (χ1) is 6.95. The quantitative estimate of drug-likeness (QED) is 0.437. The summed E-state index contributed by atoms with van der Waals surface area (Å²) in [5.41, 5.74) is 5.20. The van der Waals surface area contributed by atoms with Gasteiger partial charge >= 0.3 is 6.03 Å². The number of nitrogens with two attached hydrogens (primary N) is 1. The maximum absolute atomic E-state index is 11.1. The van der Waals surface area contributed by atoms with E-state index in [0.29, 0.717) is 11.5 Å². The number of ether oxygens (including phenoxy) is 1. The van der Waals surface area contributed by atoms with Gasteiger partial charge in [-0.1, -0.05) is 6.58 Å². The first-order valence-electron chi connectivity index (χ1n) is 4.20. The molecule has 0 aromatic rings. The van der Waals surface area contributed by atoms with Crippen molar-refractivity contribution in [1.82, 2.24) is 10.6 Å². The Morgan fingerprint density at radius 1 is 1.53 bits per heavy atom. The molecule has 0 aliphatic heterocycles. The van der Waals surface area contributed by atoms with E-state index in [1.807, 2.05) is 0 Å². The third kappa shape index (κ3) is 7.12. The molecule has 0 saturated heterocycles. The van der Waals surface area contributed by atoms with Crippen molar-refractivity contribution in [1.29, 1.82) is 0 Å². The van der Waals surface area contributed by atoms with Crippen LogP contribution in [0.1, 0.15) is 6.92 Å². The molecule has 0 spiro atoms. The smallest absolute Gasteiger partial charge is 0.319 e. The van der Waals surface area contributed by atoms with E-state index in [2.05, 4.69) is 17.2 Å². The number of amides is 3. The zero-order chi connectivity index (χ0) is 11.8. The van der Waals surface area contributed by atoms with Crippen LogP contribution in [0.15, 0.2) is 24.1 Å². The van der Waals surface area contributed by atoms with Crippen molar-refractivity contribution in [2.75, 3.05) is 13.7 Å². The molecule has 0 fully saturated rings. The Morgan fingerprint density at radius 2 is 2.13 bits per heavy atom. The summed E-state index contributed by atoms with van der Waals surface area (Å²) in [5.74, 6) is -0.00502. The Hall–Kier alpha value is -1.98. The van der Waals surface area contributed by atoms with E-state index in [9.17, 15) is 9.59 Å². The average Bonchev–Trinajstić information content (AvgIpc) is 2.14. The number of rotatable bonds is 5. The molecule has 4 N–H and O–H groups in total. The zero-order valence-electron chi connectivity index (χ0n) is 8.79. The minimum atomic E-state index is -0.612. The third-order valence-electron chi connectivity index (χ3n) is 1.40. The molecule has 0 aromatic heterocycles. The lowest BCUT2D eigenvalue weighted by atomic mass is 10.4. The fourth-order valence-corrected chi connectivity index (χ4v) is 0.698. The maximum atomic E-state index is 11.1. The molecular weight excluding hydrogens is 198 g/mol. The molecule has 0 aliphatic carbocycles. The van der Waals surface area contributed by atoms with Crippen LogP contribution in [-0.4, -0.2) is 25.6 Å². The van der Waals surface area contributed by atoms with Crippen molar-refractivity contribution in [3.05, 3.63) is 24.1 Å². The first kappa shape index (κ1) is 13.0. The molecule has 6 nitrogen and oxygen atoms in total. The molecule has 0 bridgehead atoms. The molecular formula is C9H15N3O3. The second-order valence-electron chi connectivity index (χ2n) is 2.76.